The summed E-state index contributed by atoms with van der Waals surface area (Å²) in [6.07, 6.45) is 10.3. The minimum absolute atomic E-state index is 0.00895. The highest BCUT2D eigenvalue weighted by Gasteiger charge is 2.24. The van der Waals surface area contributed by atoms with E-state index in [0.717, 1.165) is 29.4 Å². The van der Waals surface area contributed by atoms with E-state index in [1.54, 1.807) is 30.4 Å². The summed E-state index contributed by atoms with van der Waals surface area (Å²) in [5.74, 6) is 0.706. The summed E-state index contributed by atoms with van der Waals surface area (Å²) < 4.78 is 2.19. The second-order valence-corrected chi connectivity index (χ2v) is 9.55. The van der Waals surface area contributed by atoms with E-state index < -0.39 is 4.92 Å². The Bertz CT molecular complexity index is 1260. The highest BCUT2D eigenvalue weighted by atomic mass is 32.2. The van der Waals surface area contributed by atoms with Crippen LogP contribution in [0.15, 0.2) is 64.9 Å². The van der Waals surface area contributed by atoms with Crippen LogP contribution in [0.25, 0.3) is 17.5 Å². The standard InChI is InChI=1S/C26H28N6O3S/c1-19-13-15-21(16-14-19)25-29-30-26(31(25)22-10-3-2-4-11-22)36-18-24(33)28-27-17-7-9-20-8-5-6-12-23(20)32(34)35/h5-9,12-17,22H,2-4,10-11,18H2,1H3,(H,28,33)/b9-7+,27-17-. The van der Waals surface area contributed by atoms with E-state index in [4.69, 9.17) is 0 Å². The second-order valence-electron chi connectivity index (χ2n) is 8.61. The fraction of sp³-hybridized carbons (Fsp3) is 0.308. The molecule has 0 unspecified atom stereocenters. The Kier molecular flexibility index (Phi) is 8.62. The maximum absolute atomic E-state index is 12.4. The summed E-state index contributed by atoms with van der Waals surface area (Å²) >= 11 is 1.34. The first-order valence-electron chi connectivity index (χ1n) is 11.9. The van der Waals surface area contributed by atoms with Gasteiger partial charge in [-0.25, -0.2) is 5.43 Å². The first-order valence-corrected chi connectivity index (χ1v) is 12.9. The van der Waals surface area contributed by atoms with Crippen LogP contribution in [0.3, 0.4) is 0 Å². The number of amides is 1. The molecule has 1 aliphatic rings. The number of carbonyl (C=O) groups excluding carboxylic acids is 1. The van der Waals surface area contributed by atoms with Gasteiger partial charge >= 0.3 is 0 Å². The molecule has 0 atom stereocenters. The number of rotatable bonds is 9. The number of nitro benzene ring substituents is 1. The van der Waals surface area contributed by atoms with Crippen LogP contribution >= 0.6 is 11.8 Å². The zero-order valence-electron chi connectivity index (χ0n) is 20.0. The molecule has 1 saturated carbocycles. The van der Waals surface area contributed by atoms with Crippen LogP contribution in [-0.2, 0) is 4.79 Å². The number of benzene rings is 2. The topological polar surface area (TPSA) is 115 Å². The lowest BCUT2D eigenvalue weighted by Gasteiger charge is -2.25. The molecule has 3 aromatic rings. The average Bonchev–Trinajstić information content (AvgIpc) is 3.32. The minimum Gasteiger partial charge on any atom is -0.299 e. The molecule has 0 bridgehead atoms. The summed E-state index contributed by atoms with van der Waals surface area (Å²) in [4.78, 5) is 23.0. The predicted octanol–water partition coefficient (Wildman–Crippen LogP) is 5.57. The summed E-state index contributed by atoms with van der Waals surface area (Å²) in [5.41, 5.74) is 5.16. The number of aromatic nitrogens is 3. The summed E-state index contributed by atoms with van der Waals surface area (Å²) in [6, 6.07) is 15.0. The van der Waals surface area contributed by atoms with Gasteiger partial charge in [-0.1, -0.05) is 73.0 Å². The Balaban J connectivity index is 1.39. The third-order valence-electron chi connectivity index (χ3n) is 6.01. The number of thioether (sulfide) groups is 1. The van der Waals surface area contributed by atoms with Crippen LogP contribution in [0, 0.1) is 17.0 Å². The molecule has 1 N–H and O–H groups in total. The second kappa shape index (κ2) is 12.3. The normalized spacial score (nSPS) is 14.5. The van der Waals surface area contributed by atoms with Gasteiger partial charge < -0.3 is 0 Å². The van der Waals surface area contributed by atoms with Crippen molar-refractivity contribution < 1.29 is 9.72 Å². The zero-order chi connectivity index (χ0) is 25.3. The van der Waals surface area contributed by atoms with Gasteiger partial charge in [0.2, 0.25) is 0 Å². The molecule has 1 fully saturated rings. The summed E-state index contributed by atoms with van der Waals surface area (Å²) in [5, 5.41) is 24.6. The van der Waals surface area contributed by atoms with Gasteiger partial charge in [0.25, 0.3) is 11.6 Å². The van der Waals surface area contributed by atoms with E-state index in [1.165, 1.54) is 48.9 Å². The monoisotopic (exact) mass is 504 g/mol. The molecular weight excluding hydrogens is 476 g/mol. The number of allylic oxidation sites excluding steroid dienone is 1. The lowest BCUT2D eigenvalue weighted by molar-refractivity contribution is -0.385. The number of carbonyl (C=O) groups is 1. The molecule has 186 valence electrons. The van der Waals surface area contributed by atoms with Crippen molar-refractivity contribution in [3.63, 3.8) is 0 Å². The third kappa shape index (κ3) is 6.45. The Labute approximate surface area is 213 Å². The SMILES string of the molecule is Cc1ccc(-c2nnc(SCC(=O)N/N=C\C=C\c3ccccc3[N+](=O)[O-])n2C2CCCCC2)cc1. The highest BCUT2D eigenvalue weighted by molar-refractivity contribution is 7.99. The van der Waals surface area contributed by atoms with E-state index in [-0.39, 0.29) is 17.3 Å². The van der Waals surface area contributed by atoms with Crippen LogP contribution in [0.4, 0.5) is 5.69 Å². The number of nitro groups is 1. The number of para-hydroxylation sites is 1. The van der Waals surface area contributed by atoms with Crippen molar-refractivity contribution in [2.24, 2.45) is 5.10 Å². The molecule has 9 nitrogen and oxygen atoms in total. The van der Waals surface area contributed by atoms with Gasteiger partial charge in [0.15, 0.2) is 11.0 Å². The first kappa shape index (κ1) is 25.3. The fourth-order valence-electron chi connectivity index (χ4n) is 4.20. The van der Waals surface area contributed by atoms with Crippen molar-refractivity contribution in [2.75, 3.05) is 5.75 Å². The molecule has 0 radical (unpaired) electrons. The number of nitrogens with one attached hydrogen (secondary N) is 1. The molecule has 2 aromatic carbocycles. The lowest BCUT2D eigenvalue weighted by atomic mass is 9.95. The Morgan fingerprint density at radius 2 is 1.92 bits per heavy atom. The van der Waals surface area contributed by atoms with Crippen LogP contribution in [0.1, 0.15) is 49.3 Å². The number of hydrazone groups is 1. The molecule has 0 saturated heterocycles. The van der Waals surface area contributed by atoms with Crippen LogP contribution in [0.2, 0.25) is 0 Å². The largest absolute Gasteiger partial charge is 0.299 e. The maximum atomic E-state index is 12.4. The number of hydrogen-bond donors (Lipinski definition) is 1. The van der Waals surface area contributed by atoms with Crippen LogP contribution in [0.5, 0.6) is 0 Å². The smallest absolute Gasteiger partial charge is 0.276 e. The van der Waals surface area contributed by atoms with Crippen LogP contribution < -0.4 is 5.43 Å². The third-order valence-corrected chi connectivity index (χ3v) is 6.95. The number of aryl methyl sites for hydroxylation is 1. The number of nitrogens with zero attached hydrogens (tertiary/aromatic N) is 5. The quantitative estimate of drug-likeness (QED) is 0.176. The Morgan fingerprint density at radius 1 is 1.17 bits per heavy atom. The van der Waals surface area contributed by atoms with Gasteiger partial charge in [-0.15, -0.1) is 10.2 Å². The van der Waals surface area contributed by atoms with Gasteiger partial charge in [-0.05, 0) is 38.0 Å². The van der Waals surface area contributed by atoms with E-state index in [2.05, 4.69) is 56.5 Å². The van der Waals surface area contributed by atoms with Crippen molar-refractivity contribution in [1.82, 2.24) is 20.2 Å². The Hall–Kier alpha value is -3.79. The summed E-state index contributed by atoms with van der Waals surface area (Å²) in [6.45, 7) is 2.05. The van der Waals surface area contributed by atoms with Crippen molar-refractivity contribution in [3.05, 3.63) is 75.8 Å². The number of hydrogen-bond acceptors (Lipinski definition) is 7. The predicted molar refractivity (Wildman–Crippen MR) is 142 cm³/mol. The van der Waals surface area contributed by atoms with Gasteiger partial charge in [-0.2, -0.15) is 5.10 Å². The first-order chi connectivity index (χ1) is 17.5. The van der Waals surface area contributed by atoms with E-state index >= 15 is 0 Å². The maximum Gasteiger partial charge on any atom is 0.276 e. The van der Waals surface area contributed by atoms with E-state index in [1.807, 2.05) is 0 Å². The van der Waals surface area contributed by atoms with Gasteiger partial charge in [-0.3, -0.25) is 19.5 Å². The minimum atomic E-state index is -0.438. The Morgan fingerprint density at radius 3 is 2.67 bits per heavy atom. The molecule has 1 heterocycles. The van der Waals surface area contributed by atoms with Gasteiger partial charge in [0.05, 0.1) is 16.2 Å². The van der Waals surface area contributed by atoms with Gasteiger partial charge in [0.1, 0.15) is 0 Å². The molecule has 1 amide bonds. The van der Waals surface area contributed by atoms with Crippen molar-refractivity contribution in [3.8, 4) is 11.4 Å². The molecule has 0 spiro atoms. The van der Waals surface area contributed by atoms with Crippen molar-refractivity contribution in [2.45, 2.75) is 50.2 Å². The lowest BCUT2D eigenvalue weighted by Crippen LogP contribution is -2.20. The average molecular weight is 505 g/mol. The van der Waals surface area contributed by atoms with Gasteiger partial charge in [0, 0.05) is 23.9 Å². The highest BCUT2D eigenvalue weighted by Crippen LogP contribution is 2.35. The molecule has 4 rings (SSSR count). The molecule has 1 aromatic heterocycles. The van der Waals surface area contributed by atoms with Crippen molar-refractivity contribution >= 4 is 35.6 Å². The molecule has 10 heteroatoms. The van der Waals surface area contributed by atoms with Crippen molar-refractivity contribution in [1.29, 1.82) is 0 Å². The zero-order valence-corrected chi connectivity index (χ0v) is 20.9. The summed E-state index contributed by atoms with van der Waals surface area (Å²) in [7, 11) is 0. The molecule has 0 aliphatic heterocycles. The van der Waals surface area contributed by atoms with E-state index in [0.29, 0.717) is 11.6 Å². The molecular formula is C26H28N6O3S. The fourth-order valence-corrected chi connectivity index (χ4v) is 5.00. The van der Waals surface area contributed by atoms with E-state index in [9.17, 15) is 14.9 Å². The van der Waals surface area contributed by atoms with Crippen LogP contribution in [-0.4, -0.2) is 37.6 Å². The molecule has 1 aliphatic carbocycles. The molecule has 36 heavy (non-hydrogen) atoms.